The third-order valence-corrected chi connectivity index (χ3v) is 6.50. The minimum absolute atomic E-state index is 0.0689. The molecule has 6 nitrogen and oxygen atoms in total. The van der Waals surface area contributed by atoms with Crippen molar-refractivity contribution in [3.8, 4) is 0 Å². The van der Waals surface area contributed by atoms with Crippen molar-refractivity contribution >= 4 is 39.8 Å². The van der Waals surface area contributed by atoms with Gasteiger partial charge in [-0.15, -0.1) is 11.3 Å². The van der Waals surface area contributed by atoms with E-state index in [0.717, 1.165) is 27.3 Å². The van der Waals surface area contributed by atoms with Gasteiger partial charge < -0.3 is 15.0 Å². The smallest absolute Gasteiger partial charge is 0.341 e. The fourth-order valence-corrected chi connectivity index (χ4v) is 4.47. The Morgan fingerprint density at radius 3 is 2.57 bits per heavy atom. The van der Waals surface area contributed by atoms with Crippen molar-refractivity contribution in [3.63, 3.8) is 0 Å². The zero-order valence-electron chi connectivity index (χ0n) is 16.7. The van der Waals surface area contributed by atoms with Crippen LogP contribution in [0.5, 0.6) is 0 Å². The maximum absolute atomic E-state index is 12.8. The third kappa shape index (κ3) is 3.54. The molecule has 3 rings (SSSR count). The van der Waals surface area contributed by atoms with Gasteiger partial charge >= 0.3 is 5.97 Å². The Morgan fingerprint density at radius 1 is 1.18 bits per heavy atom. The van der Waals surface area contributed by atoms with Gasteiger partial charge in [0.05, 0.1) is 18.6 Å². The highest BCUT2D eigenvalue weighted by atomic mass is 32.1. The van der Waals surface area contributed by atoms with Gasteiger partial charge in [0, 0.05) is 23.5 Å². The van der Waals surface area contributed by atoms with Gasteiger partial charge in [-0.2, -0.15) is 0 Å². The van der Waals surface area contributed by atoms with Gasteiger partial charge in [0.15, 0.2) is 0 Å². The van der Waals surface area contributed by atoms with Crippen LogP contribution in [-0.2, 0) is 14.3 Å². The topological polar surface area (TPSA) is 75.7 Å². The number of methoxy groups -OCH3 is 1. The van der Waals surface area contributed by atoms with Gasteiger partial charge in [0.25, 0.3) is 0 Å². The van der Waals surface area contributed by atoms with E-state index in [4.69, 9.17) is 4.74 Å². The summed E-state index contributed by atoms with van der Waals surface area (Å²) in [5, 5.41) is 3.32. The van der Waals surface area contributed by atoms with Crippen LogP contribution < -0.4 is 10.2 Å². The van der Waals surface area contributed by atoms with Crippen LogP contribution in [0.4, 0.5) is 10.7 Å². The lowest BCUT2D eigenvalue weighted by Crippen LogP contribution is -2.28. The molecule has 0 aliphatic carbocycles. The summed E-state index contributed by atoms with van der Waals surface area (Å²) >= 11 is 1.34. The summed E-state index contributed by atoms with van der Waals surface area (Å²) in [6, 6.07) is 5.82. The highest BCUT2D eigenvalue weighted by molar-refractivity contribution is 7.16. The van der Waals surface area contributed by atoms with E-state index in [1.54, 1.807) is 4.90 Å². The summed E-state index contributed by atoms with van der Waals surface area (Å²) < 4.78 is 4.85. The van der Waals surface area contributed by atoms with Crippen LogP contribution in [0.2, 0.25) is 0 Å². The summed E-state index contributed by atoms with van der Waals surface area (Å²) in [7, 11) is 1.32. The molecular formula is C21H24N2O4S. The minimum Gasteiger partial charge on any atom is -0.465 e. The van der Waals surface area contributed by atoms with E-state index in [2.05, 4.69) is 5.32 Å². The third-order valence-electron chi connectivity index (χ3n) is 5.37. The standard InChI is InChI=1S/C21H24N2O4S/c1-11-7-6-8-16(12(11)2)23-10-15(9-17(23)24)19(25)22-20-18(21(26)27-5)13(3)14(4)28-20/h6-8,15H,9-10H2,1-5H3,(H,22,25). The predicted molar refractivity (Wildman–Crippen MR) is 110 cm³/mol. The van der Waals surface area contributed by atoms with Gasteiger partial charge in [-0.1, -0.05) is 12.1 Å². The van der Waals surface area contributed by atoms with Crippen molar-refractivity contribution in [2.75, 3.05) is 23.9 Å². The Balaban J connectivity index is 1.80. The average molecular weight is 401 g/mol. The minimum atomic E-state index is -0.475. The maximum Gasteiger partial charge on any atom is 0.341 e. The number of carbonyl (C=O) groups excluding carboxylic acids is 3. The molecule has 1 unspecified atom stereocenters. The fourth-order valence-electron chi connectivity index (χ4n) is 3.42. The summed E-state index contributed by atoms with van der Waals surface area (Å²) in [6.07, 6.45) is 0.149. The number of rotatable bonds is 4. The van der Waals surface area contributed by atoms with E-state index in [1.807, 2.05) is 45.9 Å². The van der Waals surface area contributed by atoms with Crippen molar-refractivity contribution in [1.29, 1.82) is 0 Å². The number of nitrogens with zero attached hydrogens (tertiary/aromatic N) is 1. The van der Waals surface area contributed by atoms with Gasteiger partial charge in [-0.3, -0.25) is 9.59 Å². The van der Waals surface area contributed by atoms with Gasteiger partial charge in [-0.25, -0.2) is 4.79 Å². The van der Waals surface area contributed by atoms with E-state index in [9.17, 15) is 14.4 Å². The Hall–Kier alpha value is -2.67. The molecule has 1 saturated heterocycles. The first kappa shape index (κ1) is 20.1. The second-order valence-corrected chi connectivity index (χ2v) is 8.32. The first-order chi connectivity index (χ1) is 13.2. The maximum atomic E-state index is 12.8. The molecule has 2 heterocycles. The largest absolute Gasteiger partial charge is 0.465 e. The molecule has 1 fully saturated rings. The number of esters is 1. The van der Waals surface area contributed by atoms with Crippen molar-refractivity contribution in [2.45, 2.75) is 34.1 Å². The van der Waals surface area contributed by atoms with Crippen molar-refractivity contribution in [1.82, 2.24) is 0 Å². The second kappa shape index (κ2) is 7.75. The number of ether oxygens (including phenoxy) is 1. The monoisotopic (exact) mass is 400 g/mol. The molecule has 28 heavy (non-hydrogen) atoms. The summed E-state index contributed by atoms with van der Waals surface area (Å²) in [5.41, 5.74) is 4.17. The zero-order valence-corrected chi connectivity index (χ0v) is 17.5. The Kier molecular flexibility index (Phi) is 5.56. The molecule has 2 amide bonds. The Bertz CT molecular complexity index is 964. The fraction of sp³-hybridized carbons (Fsp3) is 0.381. The van der Waals surface area contributed by atoms with E-state index < -0.39 is 11.9 Å². The van der Waals surface area contributed by atoms with Gasteiger partial charge in [0.2, 0.25) is 11.8 Å². The lowest BCUT2D eigenvalue weighted by atomic mass is 10.1. The zero-order chi connectivity index (χ0) is 20.6. The number of hydrogen-bond donors (Lipinski definition) is 1. The van der Waals surface area contributed by atoms with Crippen LogP contribution in [0.15, 0.2) is 18.2 Å². The number of amides is 2. The Morgan fingerprint density at radius 2 is 1.89 bits per heavy atom. The number of benzene rings is 1. The number of thiophene rings is 1. The SMILES string of the molecule is COC(=O)c1c(NC(=O)C2CC(=O)N(c3cccc(C)c3C)C2)sc(C)c1C. The molecule has 1 aromatic carbocycles. The van der Waals surface area contributed by atoms with Crippen LogP contribution in [0.3, 0.4) is 0 Å². The molecule has 0 radical (unpaired) electrons. The molecule has 7 heteroatoms. The molecule has 1 aliphatic heterocycles. The lowest BCUT2D eigenvalue weighted by Gasteiger charge is -2.20. The Labute approximate surface area is 168 Å². The second-order valence-electron chi connectivity index (χ2n) is 7.09. The summed E-state index contributed by atoms with van der Waals surface area (Å²) in [4.78, 5) is 40.1. The van der Waals surface area contributed by atoms with E-state index in [1.165, 1.54) is 18.4 Å². The number of aryl methyl sites for hydroxylation is 2. The van der Waals surface area contributed by atoms with E-state index in [-0.39, 0.29) is 18.2 Å². The van der Waals surface area contributed by atoms with E-state index in [0.29, 0.717) is 17.1 Å². The van der Waals surface area contributed by atoms with Crippen LogP contribution >= 0.6 is 11.3 Å². The predicted octanol–water partition coefficient (Wildman–Crippen LogP) is 3.76. The molecular weight excluding hydrogens is 376 g/mol. The molecule has 1 aromatic heterocycles. The highest BCUT2D eigenvalue weighted by Gasteiger charge is 2.36. The normalized spacial score (nSPS) is 16.4. The molecule has 1 N–H and O–H groups in total. The molecule has 1 aliphatic rings. The number of hydrogen-bond acceptors (Lipinski definition) is 5. The van der Waals surface area contributed by atoms with Crippen LogP contribution in [0, 0.1) is 33.6 Å². The average Bonchev–Trinajstić information content (AvgIpc) is 3.17. The first-order valence-corrected chi connectivity index (χ1v) is 9.92. The van der Waals surface area contributed by atoms with Gasteiger partial charge in [0.1, 0.15) is 5.00 Å². The number of anilines is 2. The highest BCUT2D eigenvalue weighted by Crippen LogP contribution is 2.35. The van der Waals surface area contributed by atoms with Crippen molar-refractivity contribution in [2.24, 2.45) is 5.92 Å². The molecule has 2 aromatic rings. The van der Waals surface area contributed by atoms with Crippen LogP contribution in [0.25, 0.3) is 0 Å². The molecule has 1 atom stereocenters. The summed E-state index contributed by atoms with van der Waals surface area (Å²) in [5.74, 6) is -1.27. The summed E-state index contributed by atoms with van der Waals surface area (Å²) in [6.45, 7) is 8.02. The molecule has 148 valence electrons. The number of nitrogens with one attached hydrogen (secondary N) is 1. The van der Waals surface area contributed by atoms with Crippen molar-refractivity contribution < 1.29 is 19.1 Å². The van der Waals surface area contributed by atoms with E-state index >= 15 is 0 Å². The number of carbonyl (C=O) groups is 3. The van der Waals surface area contributed by atoms with Crippen LogP contribution in [-0.4, -0.2) is 31.4 Å². The van der Waals surface area contributed by atoms with Crippen LogP contribution in [0.1, 0.15) is 38.3 Å². The molecule has 0 saturated carbocycles. The first-order valence-electron chi connectivity index (χ1n) is 9.10. The lowest BCUT2D eigenvalue weighted by molar-refractivity contribution is -0.122. The van der Waals surface area contributed by atoms with Crippen molar-refractivity contribution in [3.05, 3.63) is 45.3 Å². The van der Waals surface area contributed by atoms with Gasteiger partial charge in [-0.05, 0) is 50.5 Å². The quantitative estimate of drug-likeness (QED) is 0.793. The molecule has 0 spiro atoms. The molecule has 0 bridgehead atoms.